The molecule has 1 N–H and O–H groups in total. The molecule has 2 heterocycles. The van der Waals surface area contributed by atoms with Gasteiger partial charge in [0.15, 0.2) is 0 Å². The van der Waals surface area contributed by atoms with Crippen LogP contribution in [0, 0.1) is 5.82 Å². The van der Waals surface area contributed by atoms with E-state index in [9.17, 15) is 14.0 Å². The highest BCUT2D eigenvalue weighted by Crippen LogP contribution is 2.29. The zero-order chi connectivity index (χ0) is 20.5. The van der Waals surface area contributed by atoms with E-state index in [1.165, 1.54) is 6.07 Å². The fourth-order valence-electron chi connectivity index (χ4n) is 3.72. The Kier molecular flexibility index (Phi) is 5.43. The molecule has 1 saturated heterocycles. The lowest BCUT2D eigenvalue weighted by Crippen LogP contribution is -2.53. The van der Waals surface area contributed by atoms with Crippen molar-refractivity contribution in [1.29, 1.82) is 0 Å². The fraction of sp³-hybridized carbons (Fsp3) is 0.333. The maximum atomic E-state index is 13.4. The van der Waals surface area contributed by atoms with Crippen LogP contribution in [0.1, 0.15) is 12.5 Å². The fourth-order valence-corrected chi connectivity index (χ4v) is 3.89. The molecule has 1 amide bonds. The molecule has 0 unspecified atom stereocenters. The molecule has 0 radical (unpaired) electrons. The smallest absolute Gasteiger partial charge is 0.315 e. The summed E-state index contributed by atoms with van der Waals surface area (Å²) in [5.41, 5.74) is 2.31. The zero-order valence-corrected chi connectivity index (χ0v) is 16.7. The topological polar surface area (TPSA) is 61.9 Å². The molecular weight excluding hydrogens is 397 g/mol. The van der Waals surface area contributed by atoms with Crippen LogP contribution in [0.25, 0.3) is 0 Å². The number of rotatable bonds is 4. The molecule has 2 aromatic rings. The molecule has 152 valence electrons. The lowest BCUT2D eigenvalue weighted by molar-refractivity contribution is -0.131. The molecule has 0 aliphatic carbocycles. The molecule has 1 fully saturated rings. The maximum Gasteiger partial charge on any atom is 0.315 e. The van der Waals surface area contributed by atoms with Crippen molar-refractivity contribution in [2.24, 2.45) is 0 Å². The van der Waals surface area contributed by atoms with Crippen molar-refractivity contribution in [3.05, 3.63) is 52.8 Å². The Hall–Kier alpha value is -2.64. The summed E-state index contributed by atoms with van der Waals surface area (Å²) in [5, 5.41) is 2.97. The molecule has 6 nitrogen and oxygen atoms in total. The number of amides is 1. The van der Waals surface area contributed by atoms with E-state index < -0.39 is 5.82 Å². The van der Waals surface area contributed by atoms with Gasteiger partial charge in [0.05, 0.1) is 18.0 Å². The van der Waals surface area contributed by atoms with Gasteiger partial charge in [-0.05, 0) is 31.2 Å². The van der Waals surface area contributed by atoms with Crippen LogP contribution in [0.2, 0.25) is 5.02 Å². The SMILES string of the molecule is C[C@@H]1CN(c2ccc(F)c(Cl)c2)CCN1CC(=O)Nc1ccc2c(c1)OC(=O)C2. The summed E-state index contributed by atoms with van der Waals surface area (Å²) in [6.07, 6.45) is 0.268. The third-order valence-corrected chi connectivity index (χ3v) is 5.58. The summed E-state index contributed by atoms with van der Waals surface area (Å²) in [6, 6.07) is 10.1. The van der Waals surface area contributed by atoms with E-state index in [-0.39, 0.29) is 35.9 Å². The predicted molar refractivity (Wildman–Crippen MR) is 109 cm³/mol. The molecule has 2 aromatic carbocycles. The Morgan fingerprint density at radius 2 is 2.10 bits per heavy atom. The van der Waals surface area contributed by atoms with Gasteiger partial charge in [-0.3, -0.25) is 14.5 Å². The van der Waals surface area contributed by atoms with Crippen LogP contribution >= 0.6 is 11.6 Å². The minimum Gasteiger partial charge on any atom is -0.426 e. The second kappa shape index (κ2) is 8.00. The summed E-state index contributed by atoms with van der Waals surface area (Å²) < 4.78 is 18.5. The van der Waals surface area contributed by atoms with E-state index in [2.05, 4.69) is 22.0 Å². The number of nitrogens with one attached hydrogen (secondary N) is 1. The van der Waals surface area contributed by atoms with Crippen molar-refractivity contribution in [1.82, 2.24) is 4.90 Å². The summed E-state index contributed by atoms with van der Waals surface area (Å²) in [4.78, 5) is 28.1. The van der Waals surface area contributed by atoms with Gasteiger partial charge in [-0.15, -0.1) is 0 Å². The maximum absolute atomic E-state index is 13.4. The van der Waals surface area contributed by atoms with E-state index in [0.29, 0.717) is 31.1 Å². The first-order valence-electron chi connectivity index (χ1n) is 9.46. The quantitative estimate of drug-likeness (QED) is 0.612. The molecule has 0 aromatic heterocycles. The third-order valence-electron chi connectivity index (χ3n) is 5.29. The number of hydrogen-bond donors (Lipinski definition) is 1. The zero-order valence-electron chi connectivity index (χ0n) is 16.0. The van der Waals surface area contributed by atoms with Gasteiger partial charge in [-0.1, -0.05) is 17.7 Å². The highest BCUT2D eigenvalue weighted by Gasteiger charge is 2.26. The second-order valence-electron chi connectivity index (χ2n) is 7.39. The molecule has 0 bridgehead atoms. The standard InChI is InChI=1S/C21H21ClFN3O3/c1-13-11-26(16-4-5-18(23)17(22)10-16)7-6-25(13)12-20(27)24-15-3-2-14-8-21(28)29-19(14)9-15/h2-5,9-10,13H,6-8,11-12H2,1H3,(H,24,27)/t13-/m1/s1. The molecular formula is C21H21ClFN3O3. The number of fused-ring (bicyclic) bond motifs is 1. The van der Waals surface area contributed by atoms with Crippen LogP contribution < -0.4 is 15.0 Å². The van der Waals surface area contributed by atoms with Crippen LogP contribution in [-0.2, 0) is 16.0 Å². The van der Waals surface area contributed by atoms with Gasteiger partial charge in [0, 0.05) is 48.7 Å². The number of halogens is 2. The van der Waals surface area contributed by atoms with Gasteiger partial charge < -0.3 is 15.0 Å². The number of nitrogens with zero attached hydrogens (tertiary/aromatic N) is 2. The molecule has 8 heteroatoms. The van der Waals surface area contributed by atoms with Crippen LogP contribution in [0.4, 0.5) is 15.8 Å². The van der Waals surface area contributed by atoms with Crippen molar-refractivity contribution < 1.29 is 18.7 Å². The van der Waals surface area contributed by atoms with Crippen LogP contribution in [-0.4, -0.2) is 49.0 Å². The number of esters is 1. The summed E-state index contributed by atoms with van der Waals surface area (Å²) >= 11 is 5.89. The molecule has 1 atom stereocenters. The van der Waals surface area contributed by atoms with Gasteiger partial charge in [0.2, 0.25) is 5.91 Å². The van der Waals surface area contributed by atoms with E-state index in [1.807, 2.05) is 0 Å². The minimum absolute atomic E-state index is 0.108. The second-order valence-corrected chi connectivity index (χ2v) is 7.79. The minimum atomic E-state index is -0.430. The van der Waals surface area contributed by atoms with Crippen LogP contribution in [0.15, 0.2) is 36.4 Å². The van der Waals surface area contributed by atoms with E-state index in [0.717, 1.165) is 11.3 Å². The molecule has 29 heavy (non-hydrogen) atoms. The first-order valence-corrected chi connectivity index (χ1v) is 9.84. The monoisotopic (exact) mass is 417 g/mol. The van der Waals surface area contributed by atoms with Crippen molar-refractivity contribution in [2.45, 2.75) is 19.4 Å². The molecule has 2 aliphatic heterocycles. The lowest BCUT2D eigenvalue weighted by Gasteiger charge is -2.40. The van der Waals surface area contributed by atoms with Crippen molar-refractivity contribution in [3.8, 4) is 5.75 Å². The van der Waals surface area contributed by atoms with Gasteiger partial charge in [0.1, 0.15) is 11.6 Å². The van der Waals surface area contributed by atoms with E-state index in [4.69, 9.17) is 16.3 Å². The van der Waals surface area contributed by atoms with E-state index >= 15 is 0 Å². The summed E-state index contributed by atoms with van der Waals surface area (Å²) in [6.45, 7) is 4.44. The van der Waals surface area contributed by atoms with Crippen molar-refractivity contribution in [3.63, 3.8) is 0 Å². The van der Waals surface area contributed by atoms with Crippen molar-refractivity contribution in [2.75, 3.05) is 36.4 Å². The molecule has 2 aliphatic rings. The molecule has 0 spiro atoms. The largest absolute Gasteiger partial charge is 0.426 e. The Morgan fingerprint density at radius 3 is 2.86 bits per heavy atom. The summed E-state index contributed by atoms with van der Waals surface area (Å²) in [5.74, 6) is -0.329. The number of hydrogen-bond acceptors (Lipinski definition) is 5. The number of ether oxygens (including phenoxy) is 1. The predicted octanol–water partition coefficient (Wildman–Crippen LogP) is 3.09. The lowest BCUT2D eigenvalue weighted by atomic mass is 10.1. The Bertz CT molecular complexity index is 968. The molecule has 0 saturated carbocycles. The van der Waals surface area contributed by atoms with Gasteiger partial charge in [-0.25, -0.2) is 4.39 Å². The van der Waals surface area contributed by atoms with E-state index in [1.54, 1.807) is 30.3 Å². The number of benzene rings is 2. The van der Waals surface area contributed by atoms with Crippen LogP contribution in [0.5, 0.6) is 5.75 Å². The Morgan fingerprint density at radius 1 is 1.28 bits per heavy atom. The Labute approximate surface area is 173 Å². The average molecular weight is 418 g/mol. The average Bonchev–Trinajstić information content (AvgIpc) is 3.05. The number of carbonyl (C=O) groups excluding carboxylic acids is 2. The van der Waals surface area contributed by atoms with Crippen molar-refractivity contribution >= 4 is 34.9 Å². The van der Waals surface area contributed by atoms with Gasteiger partial charge >= 0.3 is 5.97 Å². The van der Waals surface area contributed by atoms with Gasteiger partial charge in [-0.2, -0.15) is 0 Å². The summed E-state index contributed by atoms with van der Waals surface area (Å²) in [7, 11) is 0. The number of anilines is 2. The third kappa shape index (κ3) is 4.36. The first kappa shape index (κ1) is 19.7. The molecule has 4 rings (SSSR count). The Balaban J connectivity index is 1.33. The highest BCUT2D eigenvalue weighted by molar-refractivity contribution is 6.31. The van der Waals surface area contributed by atoms with Crippen LogP contribution in [0.3, 0.4) is 0 Å². The van der Waals surface area contributed by atoms with Gasteiger partial charge in [0.25, 0.3) is 0 Å². The highest BCUT2D eigenvalue weighted by atomic mass is 35.5. The normalized spacial score (nSPS) is 19.1. The first-order chi connectivity index (χ1) is 13.9. The number of piperazine rings is 1. The number of carbonyl (C=O) groups is 2.